The highest BCUT2D eigenvalue weighted by atomic mass is 16.5. The molecule has 0 aromatic carbocycles. The van der Waals surface area contributed by atoms with Crippen molar-refractivity contribution in [1.82, 2.24) is 19.7 Å². The Labute approximate surface area is 133 Å². The fourth-order valence-electron chi connectivity index (χ4n) is 3.93. The van der Waals surface area contributed by atoms with Gasteiger partial charge in [0.2, 0.25) is 5.43 Å². The van der Waals surface area contributed by atoms with E-state index in [4.69, 9.17) is 4.74 Å². The predicted molar refractivity (Wildman–Crippen MR) is 84.3 cm³/mol. The number of hydrogen-bond acceptors (Lipinski definition) is 4. The first-order valence-electron chi connectivity index (χ1n) is 7.93. The topological polar surface area (TPSA) is 78.2 Å². The maximum absolute atomic E-state index is 12.5. The highest BCUT2D eigenvalue weighted by molar-refractivity contribution is 5.96. The van der Waals surface area contributed by atoms with Crippen molar-refractivity contribution < 1.29 is 9.53 Å². The van der Waals surface area contributed by atoms with Crippen LogP contribution in [0.15, 0.2) is 17.2 Å². The third-order valence-corrected chi connectivity index (χ3v) is 5.11. The van der Waals surface area contributed by atoms with Crippen LogP contribution >= 0.6 is 0 Å². The molecule has 2 bridgehead atoms. The fourth-order valence-corrected chi connectivity index (χ4v) is 3.93. The summed E-state index contributed by atoms with van der Waals surface area (Å²) in [6.07, 6.45) is 6.10. The second-order valence-electron chi connectivity index (χ2n) is 6.76. The standard InChI is InChI=1S/C16H20N4O3/c1-19-8-12(13(21)11-7-18-20(2)15(11)19)14(22)17-4-3-16-5-10(6-16)9-23-16/h7-8,10H,3-6,9H2,1-2H3,(H,17,22). The zero-order valence-corrected chi connectivity index (χ0v) is 13.3. The Kier molecular flexibility index (Phi) is 3.09. The van der Waals surface area contributed by atoms with Gasteiger partial charge in [-0.2, -0.15) is 5.10 Å². The summed E-state index contributed by atoms with van der Waals surface area (Å²) in [6, 6.07) is 0. The molecule has 7 heteroatoms. The second kappa shape index (κ2) is 4.92. The number of pyridine rings is 1. The molecule has 0 unspecified atom stereocenters. The molecule has 3 fully saturated rings. The first-order chi connectivity index (χ1) is 11.0. The molecule has 2 aliphatic heterocycles. The van der Waals surface area contributed by atoms with Crippen molar-refractivity contribution >= 4 is 16.9 Å². The van der Waals surface area contributed by atoms with Crippen LogP contribution in [-0.4, -0.2) is 39.0 Å². The number of nitrogens with one attached hydrogen (secondary N) is 1. The van der Waals surface area contributed by atoms with Gasteiger partial charge in [0.05, 0.1) is 23.8 Å². The highest BCUT2D eigenvalue weighted by Crippen LogP contribution is 2.50. The summed E-state index contributed by atoms with van der Waals surface area (Å²) in [4.78, 5) is 24.8. The Hall–Kier alpha value is -2.15. The van der Waals surface area contributed by atoms with E-state index in [0.29, 0.717) is 23.5 Å². The summed E-state index contributed by atoms with van der Waals surface area (Å²) in [6.45, 7) is 1.38. The van der Waals surface area contributed by atoms with Gasteiger partial charge in [-0.05, 0) is 25.2 Å². The van der Waals surface area contributed by atoms with Crippen molar-refractivity contribution in [2.24, 2.45) is 20.0 Å². The number of nitrogens with zero attached hydrogens (tertiary/aromatic N) is 3. The van der Waals surface area contributed by atoms with Gasteiger partial charge < -0.3 is 14.6 Å². The van der Waals surface area contributed by atoms with Gasteiger partial charge in [-0.25, -0.2) is 0 Å². The van der Waals surface area contributed by atoms with Gasteiger partial charge in [-0.1, -0.05) is 0 Å². The summed E-state index contributed by atoms with van der Waals surface area (Å²) < 4.78 is 9.16. The van der Waals surface area contributed by atoms with Gasteiger partial charge in [0.1, 0.15) is 11.2 Å². The van der Waals surface area contributed by atoms with E-state index in [2.05, 4.69) is 10.4 Å². The lowest BCUT2D eigenvalue weighted by atomic mass is 9.73. The first kappa shape index (κ1) is 14.4. The zero-order chi connectivity index (χ0) is 16.2. The van der Waals surface area contributed by atoms with Crippen molar-refractivity contribution in [1.29, 1.82) is 0 Å². The molecule has 2 aromatic rings. The zero-order valence-electron chi connectivity index (χ0n) is 13.3. The second-order valence-corrected chi connectivity index (χ2v) is 6.76. The van der Waals surface area contributed by atoms with Crippen LogP contribution in [0.4, 0.5) is 0 Å². The first-order valence-corrected chi connectivity index (χ1v) is 7.93. The molecule has 7 nitrogen and oxygen atoms in total. The molecule has 3 aliphatic rings. The minimum atomic E-state index is -0.332. The van der Waals surface area contributed by atoms with Gasteiger partial charge >= 0.3 is 0 Å². The Balaban J connectivity index is 1.51. The molecule has 1 amide bonds. The summed E-state index contributed by atoms with van der Waals surface area (Å²) in [7, 11) is 3.58. The number of aromatic nitrogens is 3. The molecule has 2 aromatic heterocycles. The van der Waals surface area contributed by atoms with Crippen LogP contribution in [0.25, 0.3) is 11.0 Å². The summed E-state index contributed by atoms with van der Waals surface area (Å²) in [5.41, 5.74) is 0.563. The van der Waals surface area contributed by atoms with Gasteiger partial charge in [0, 0.05) is 26.8 Å². The minimum absolute atomic E-state index is 0.0176. The van der Waals surface area contributed by atoms with Crippen LogP contribution in [0.2, 0.25) is 0 Å². The lowest BCUT2D eigenvalue weighted by Crippen LogP contribution is -2.40. The molecule has 0 spiro atoms. The average molecular weight is 316 g/mol. The van der Waals surface area contributed by atoms with E-state index in [0.717, 1.165) is 25.9 Å². The third-order valence-electron chi connectivity index (χ3n) is 5.11. The number of carbonyl (C=O) groups is 1. The molecule has 23 heavy (non-hydrogen) atoms. The van der Waals surface area contributed by atoms with Gasteiger partial charge in [-0.15, -0.1) is 0 Å². The predicted octanol–water partition coefficient (Wildman–Crippen LogP) is 0.571. The quantitative estimate of drug-likeness (QED) is 0.894. The molecular weight excluding hydrogens is 296 g/mol. The molecule has 0 radical (unpaired) electrons. The molecule has 4 heterocycles. The molecule has 2 saturated heterocycles. The van der Waals surface area contributed by atoms with Crippen molar-refractivity contribution in [3.8, 4) is 0 Å². The van der Waals surface area contributed by atoms with E-state index in [9.17, 15) is 9.59 Å². The maximum atomic E-state index is 12.5. The van der Waals surface area contributed by atoms with Crippen molar-refractivity contribution in [3.63, 3.8) is 0 Å². The summed E-state index contributed by atoms with van der Waals surface area (Å²) in [5, 5.41) is 7.41. The van der Waals surface area contributed by atoms with E-state index >= 15 is 0 Å². The number of aryl methyl sites for hydroxylation is 2. The molecule has 0 atom stereocenters. The average Bonchev–Trinajstić information content (AvgIpc) is 3.16. The Morgan fingerprint density at radius 2 is 2.26 bits per heavy atom. The lowest BCUT2D eigenvalue weighted by molar-refractivity contribution is -0.00506. The van der Waals surface area contributed by atoms with Crippen molar-refractivity contribution in [2.75, 3.05) is 13.2 Å². The van der Waals surface area contributed by atoms with Crippen molar-refractivity contribution in [2.45, 2.75) is 24.9 Å². The lowest BCUT2D eigenvalue weighted by Gasteiger charge is -2.35. The molecule has 5 rings (SSSR count). The van der Waals surface area contributed by atoms with E-state index in [-0.39, 0.29) is 22.5 Å². The normalized spacial score (nSPS) is 25.6. The number of carbonyl (C=O) groups excluding carboxylic acids is 1. The summed E-state index contributed by atoms with van der Waals surface area (Å²) in [5.74, 6) is 0.382. The molecule has 122 valence electrons. The monoisotopic (exact) mass is 316 g/mol. The largest absolute Gasteiger partial charge is 0.375 e. The SMILES string of the molecule is Cn1cc(C(=O)NCCC23CC(CO2)C3)c(=O)c2cnn(C)c21. The van der Waals surface area contributed by atoms with Gasteiger partial charge in [0.15, 0.2) is 0 Å². The van der Waals surface area contributed by atoms with Crippen LogP contribution in [0.1, 0.15) is 29.6 Å². The third kappa shape index (κ3) is 2.18. The number of amides is 1. The van der Waals surface area contributed by atoms with Crippen LogP contribution in [0.3, 0.4) is 0 Å². The van der Waals surface area contributed by atoms with E-state index in [1.54, 1.807) is 29.5 Å². The van der Waals surface area contributed by atoms with Crippen LogP contribution in [0.5, 0.6) is 0 Å². The fraction of sp³-hybridized carbons (Fsp3) is 0.562. The number of rotatable bonds is 4. The highest BCUT2D eigenvalue weighted by Gasteiger charge is 2.51. The van der Waals surface area contributed by atoms with Crippen LogP contribution in [0, 0.1) is 5.92 Å². The van der Waals surface area contributed by atoms with E-state index in [1.165, 1.54) is 6.20 Å². The summed E-state index contributed by atoms with van der Waals surface area (Å²) >= 11 is 0. The number of fused-ring (bicyclic) bond motifs is 2. The van der Waals surface area contributed by atoms with Gasteiger partial charge in [0.25, 0.3) is 5.91 Å². The Morgan fingerprint density at radius 1 is 1.48 bits per heavy atom. The Morgan fingerprint density at radius 3 is 2.96 bits per heavy atom. The molecule has 1 N–H and O–H groups in total. The number of hydrogen-bond donors (Lipinski definition) is 1. The van der Waals surface area contributed by atoms with Crippen molar-refractivity contribution in [3.05, 3.63) is 28.2 Å². The van der Waals surface area contributed by atoms with E-state index < -0.39 is 0 Å². The number of ether oxygens (including phenoxy) is 1. The van der Waals surface area contributed by atoms with Gasteiger partial charge in [-0.3, -0.25) is 14.3 Å². The smallest absolute Gasteiger partial charge is 0.256 e. The van der Waals surface area contributed by atoms with Crippen LogP contribution in [-0.2, 0) is 18.8 Å². The molecular formula is C16H20N4O3. The van der Waals surface area contributed by atoms with E-state index in [1.807, 2.05) is 0 Å². The molecule has 1 saturated carbocycles. The molecule has 1 aliphatic carbocycles. The Bertz CT molecular complexity index is 839. The van der Waals surface area contributed by atoms with Crippen LogP contribution < -0.4 is 10.7 Å². The maximum Gasteiger partial charge on any atom is 0.256 e. The minimum Gasteiger partial charge on any atom is -0.375 e.